The summed E-state index contributed by atoms with van der Waals surface area (Å²) in [5, 5.41) is 22.4. The van der Waals surface area contributed by atoms with Crippen molar-refractivity contribution in [3.05, 3.63) is 443 Å². The van der Waals surface area contributed by atoms with Crippen molar-refractivity contribution in [2.24, 2.45) is 0 Å². The topological polar surface area (TPSA) is 365 Å². The van der Waals surface area contributed by atoms with E-state index in [1.165, 1.54) is 94.8 Å². The highest BCUT2D eigenvalue weighted by Gasteiger charge is 2.20. The number of nitrogens with one attached hydrogen (secondary N) is 8. The Kier molecular flexibility index (Phi) is 20.7. The fourth-order valence-corrected chi connectivity index (χ4v) is 13.9. The molecule has 712 valence electrons. The van der Waals surface area contributed by atoms with Crippen molar-refractivity contribution in [1.29, 1.82) is 0 Å². The third-order valence-corrected chi connectivity index (χ3v) is 20.8. The lowest BCUT2D eigenvalue weighted by atomic mass is 10.1. The van der Waals surface area contributed by atoms with Gasteiger partial charge in [0.2, 0.25) is 23.8 Å². The van der Waals surface area contributed by atoms with Crippen LogP contribution in [0.4, 0.5) is 69.3 Å². The molecule has 0 bridgehead atoms. The van der Waals surface area contributed by atoms with Gasteiger partial charge in [-0.15, -0.1) is 0 Å². The lowest BCUT2D eigenvalue weighted by molar-refractivity contribution is 0.101. The molecule has 8 aromatic carbocycles. The summed E-state index contributed by atoms with van der Waals surface area (Å²) in [6, 6.07) is 34.8. The second-order valence-corrected chi connectivity index (χ2v) is 32.0. The number of rotatable bonds is 24. The molecule has 20 aromatic rings. The summed E-state index contributed by atoms with van der Waals surface area (Å²) in [5.74, 6) is -2.06. The molecule has 30 nitrogen and oxygen atoms in total. The Morgan fingerprint density at radius 3 is 0.986 bits per heavy atom. The molecule has 0 unspecified atom stereocenters. The Morgan fingerprint density at radius 2 is 0.667 bits per heavy atom. The number of imidazole rings is 2. The van der Waals surface area contributed by atoms with Gasteiger partial charge >= 0.3 is 0 Å². The number of hydrogen-bond donors (Lipinski definition) is 8. The molecule has 0 fully saturated rings. The number of benzene rings is 8. The summed E-state index contributed by atoms with van der Waals surface area (Å²) in [5.41, 5.74) is 9.19. The van der Waals surface area contributed by atoms with Gasteiger partial charge in [0.15, 0.2) is 0 Å². The molecule has 0 aliphatic carbocycles. The van der Waals surface area contributed by atoms with E-state index in [4.69, 9.17) is 38.4 Å². The highest BCUT2D eigenvalue weighted by Crippen LogP contribution is 2.33. The maximum absolute atomic E-state index is 13.5. The number of anilines is 12. The van der Waals surface area contributed by atoms with Crippen LogP contribution in [0.15, 0.2) is 354 Å². The van der Waals surface area contributed by atoms with Crippen LogP contribution in [0.5, 0.6) is 0 Å². The first-order chi connectivity index (χ1) is 81.5. The minimum atomic E-state index is -2.55. The van der Waals surface area contributed by atoms with Gasteiger partial charge in [0.05, 0.1) is 74.2 Å². The molecule has 0 aliphatic heterocycles. The molecule has 30 heteroatoms. The average molecular weight is 1930 g/mol. The highest BCUT2D eigenvalue weighted by molar-refractivity contribution is 6.08. The zero-order valence-corrected chi connectivity index (χ0v) is 78.5. The number of pyridine rings is 4. The second kappa shape index (κ2) is 44.5. The van der Waals surface area contributed by atoms with Crippen LogP contribution in [0, 0.1) is 82.9 Å². The summed E-state index contributed by atoms with van der Waals surface area (Å²) in [6.45, 7) is 11.3. The fourth-order valence-electron chi connectivity index (χ4n) is 13.9. The SMILES string of the molecule is [2H]c1c(C)c([2H])c(-n2c([2H])cc(C)c2[2H])c([2H])c1NC(=O)c1ccc(C([2H])([2H])[2H])c(Nc2nccc(-c3cccnc3)n2)c1.[2H]c1c(C)c([2H])c(-n2c([2H])nc(C)c2[2H])c([2H])c1NC(=O)c1ccc(C([2H])([2H])[2H])c(Nc2nccc(-c3cccnc3)n2)c1.[2H]c1c(C)c([2H])c(-n2c([2H])nc(C)c2[2H])c([2H])c1NC(=O)c1ccc(C)c(Nc2nccc(-c3cccnc3)n2)c1.[2H]c1nc([2H])c(-c2ccnc(Nc3cc(C(=O)Nc4c([2H])c(C)c([2H])c(-n5ccc(C)c5)c4[2H])ccc3C)n2)c([2H])c1[2H]. The Morgan fingerprint density at radius 1 is 0.319 bits per heavy atom. The van der Waals surface area contributed by atoms with Crippen molar-refractivity contribution in [3.8, 4) is 67.8 Å². The van der Waals surface area contributed by atoms with Crippen LogP contribution in [0.2, 0.25) is 0 Å². The largest absolute Gasteiger partial charge is 0.324 e. The van der Waals surface area contributed by atoms with Crippen LogP contribution >= 0.6 is 0 Å². The molecule has 4 amide bonds. The van der Waals surface area contributed by atoms with E-state index >= 15 is 0 Å². The highest BCUT2D eigenvalue weighted by atomic mass is 16.2. The van der Waals surface area contributed by atoms with E-state index in [9.17, 15) is 19.2 Å². The van der Waals surface area contributed by atoms with Crippen molar-refractivity contribution in [2.75, 3.05) is 42.5 Å². The Bertz CT molecular complexity index is 9460. The molecule has 0 atom stereocenters. The average Bonchev–Trinajstić information content (AvgIpc) is 1.56. The van der Waals surface area contributed by atoms with Gasteiger partial charge in [-0.2, -0.15) is 0 Å². The van der Waals surface area contributed by atoms with Gasteiger partial charge in [-0.1, -0.05) is 24.3 Å². The van der Waals surface area contributed by atoms with Crippen molar-refractivity contribution in [2.45, 2.75) is 82.9 Å². The third-order valence-electron chi connectivity index (χ3n) is 20.8. The van der Waals surface area contributed by atoms with Crippen molar-refractivity contribution in [3.63, 3.8) is 0 Å². The Balaban J connectivity index is 0.000000152. The van der Waals surface area contributed by atoms with Crippen LogP contribution < -0.4 is 42.5 Å². The zero-order valence-electron chi connectivity index (χ0n) is 106. The first kappa shape index (κ1) is 67.1. The summed E-state index contributed by atoms with van der Waals surface area (Å²) in [7, 11) is 0. The van der Waals surface area contributed by atoms with Gasteiger partial charge in [0.25, 0.3) is 23.6 Å². The number of amides is 4. The van der Waals surface area contributed by atoms with Crippen molar-refractivity contribution in [1.82, 2.24) is 88.0 Å². The second-order valence-electron chi connectivity index (χ2n) is 32.0. The number of aryl methyl sites for hydroxylation is 8. The molecule has 8 N–H and O–H groups in total. The van der Waals surface area contributed by atoms with E-state index in [1.54, 1.807) is 148 Å². The van der Waals surface area contributed by atoms with Crippen LogP contribution in [-0.4, -0.2) is 112 Å². The van der Waals surface area contributed by atoms with E-state index in [-0.39, 0.29) is 257 Å². The zero-order chi connectivity index (χ0) is 124. The Labute approximate surface area is 872 Å². The van der Waals surface area contributed by atoms with Crippen LogP contribution in [0.1, 0.15) is 147 Å². The number of carbonyl (C=O) groups is 4. The van der Waals surface area contributed by atoms with E-state index in [0.717, 1.165) is 41.5 Å². The summed E-state index contributed by atoms with van der Waals surface area (Å²) >= 11 is 0. The van der Waals surface area contributed by atoms with Gasteiger partial charge in [-0.05, 0) is 344 Å². The van der Waals surface area contributed by atoms with E-state index in [1.807, 2.05) is 51.1 Å². The summed E-state index contributed by atoms with van der Waals surface area (Å²) in [6.07, 6.45) is 17.4. The van der Waals surface area contributed by atoms with E-state index in [2.05, 4.69) is 112 Å². The van der Waals surface area contributed by atoms with E-state index < -0.39 is 61.6 Å². The summed E-state index contributed by atoms with van der Waals surface area (Å²) < 4.78 is 237. The normalized spacial score (nSPS) is 13.7. The molecule has 20 rings (SSSR count). The molecule has 0 saturated carbocycles. The molecular weight excluding hydrogens is 1800 g/mol. The maximum atomic E-state index is 13.5. The van der Waals surface area contributed by atoms with Gasteiger partial charge in [0, 0.05) is 232 Å². The van der Waals surface area contributed by atoms with Gasteiger partial charge in [-0.25, -0.2) is 49.8 Å². The van der Waals surface area contributed by atoms with Crippen LogP contribution in [0.3, 0.4) is 0 Å². The fraction of sp³-hybridized carbons (Fsp3) is 0.105. The van der Waals surface area contributed by atoms with Crippen molar-refractivity contribution >= 4 is 92.9 Å². The molecule has 12 aromatic heterocycles. The predicted molar refractivity (Wildman–Crippen MR) is 567 cm³/mol. The number of carbonyl (C=O) groups excluding carboxylic acids is 4. The molecular formula is C114H102N26O4. The third kappa shape index (κ3) is 25.2. The van der Waals surface area contributed by atoms with Gasteiger partial charge in [0.1, 0.15) is 2.74 Å². The first-order valence-electron chi connectivity index (χ1n) is 58.1. The number of aromatic nitrogens is 18. The van der Waals surface area contributed by atoms with Crippen LogP contribution in [-0.2, 0) is 0 Å². The molecule has 12 heterocycles. The predicted octanol–water partition coefficient (Wildman–Crippen LogP) is 23.8. The number of hydrogen-bond acceptors (Lipinski definition) is 22. The standard InChI is InChI=1S/2C29H26N6O.2C28H25N7O/c2*1-19-9-12-35(18-19)25-14-20(2)13-24(16-25)32-28(36)22-7-6-21(3)27(15-22)34-29-31-11-8-26(33-29)23-5-4-10-30-17-23;2*1-18-11-23(14-24(12-18)35-16-20(3)31-17-35)32-27(36)21-7-6-19(2)26(13-21)34-28-30-10-8-25(33-28)22-5-4-9-29-15-22/h2*4-18H,1-3H3,(H,32,36)(H,31,33,34);2*4-17H,1-3H3,(H,32,36)(H,30,33,34)/i4D,5D,10D,13D,14D,16D,17D;3D3,12D,13D,14D,16D,18D;2D3,11D,12D,14D,16D,17D;11D,12D,14D,16D,17D. The molecule has 0 aliphatic rings. The minimum Gasteiger partial charge on any atom is -0.324 e. The Hall–Kier alpha value is -19.3. The van der Waals surface area contributed by atoms with Gasteiger partial charge in [-0.3, -0.25) is 39.1 Å². The molecule has 144 heavy (non-hydrogen) atoms. The first-order valence-corrected chi connectivity index (χ1v) is 44.1. The molecule has 0 radical (unpaired) electrons. The van der Waals surface area contributed by atoms with Crippen LogP contribution in [0.25, 0.3) is 67.8 Å². The quantitative estimate of drug-likeness (QED) is 0.0278. The monoisotopic (exact) mass is 1930 g/mol. The number of nitrogens with zero attached hydrogens (tertiary/aromatic N) is 18. The maximum Gasteiger partial charge on any atom is 0.255 e. The van der Waals surface area contributed by atoms with E-state index in [0.29, 0.717) is 51.1 Å². The smallest absolute Gasteiger partial charge is 0.255 e. The lowest BCUT2D eigenvalue weighted by Gasteiger charge is -2.13. The molecule has 0 spiro atoms. The summed E-state index contributed by atoms with van der Waals surface area (Å²) in [4.78, 5) is 112. The molecule has 0 saturated heterocycles. The lowest BCUT2D eigenvalue weighted by Crippen LogP contribution is -2.13. The minimum absolute atomic E-state index is 0.00213. The van der Waals surface area contributed by atoms with Crippen molar-refractivity contribution < 1.29 is 57.6 Å². The van der Waals surface area contributed by atoms with Gasteiger partial charge < -0.3 is 60.8 Å².